The van der Waals surface area contributed by atoms with Crippen molar-refractivity contribution in [2.75, 3.05) is 0 Å². The molecule has 1 N–H and O–H groups in total. The molecule has 0 bridgehead atoms. The highest BCUT2D eigenvalue weighted by Gasteiger charge is 2.54. The van der Waals surface area contributed by atoms with Crippen LogP contribution in [0, 0.1) is 24.7 Å². The predicted octanol–water partition coefficient (Wildman–Crippen LogP) is 3.28. The van der Waals surface area contributed by atoms with Crippen molar-refractivity contribution in [1.82, 2.24) is 9.78 Å². The summed E-state index contributed by atoms with van der Waals surface area (Å²) in [4.78, 5) is 0. The van der Waals surface area contributed by atoms with Crippen LogP contribution in [0.1, 0.15) is 36.6 Å². The summed E-state index contributed by atoms with van der Waals surface area (Å²) < 4.78 is 1.98. The maximum absolute atomic E-state index is 10.8. The van der Waals surface area contributed by atoms with Gasteiger partial charge in [0.25, 0.3) is 0 Å². The lowest BCUT2D eigenvalue weighted by molar-refractivity contribution is 0.0155. The molecule has 116 valence electrons. The molecule has 2 atom stereocenters. The third kappa shape index (κ3) is 1.85. The summed E-state index contributed by atoms with van der Waals surface area (Å²) in [6.07, 6.45) is 11.9. The third-order valence-corrected chi connectivity index (χ3v) is 5.64. The molecule has 3 heteroatoms. The first-order chi connectivity index (χ1) is 11.0. The van der Waals surface area contributed by atoms with Gasteiger partial charge in [-0.1, -0.05) is 36.1 Å². The summed E-state index contributed by atoms with van der Waals surface area (Å²) in [7, 11) is 0. The smallest absolute Gasteiger partial charge is 0.134 e. The topological polar surface area (TPSA) is 38.1 Å². The number of rotatable bonds is 1. The summed E-state index contributed by atoms with van der Waals surface area (Å²) >= 11 is 0. The maximum Gasteiger partial charge on any atom is 0.134 e. The van der Waals surface area contributed by atoms with Gasteiger partial charge in [-0.25, -0.2) is 4.68 Å². The lowest BCUT2D eigenvalue weighted by Crippen LogP contribution is -2.43. The molecule has 1 aromatic carbocycles. The van der Waals surface area contributed by atoms with E-state index in [0.717, 1.165) is 29.8 Å². The highest BCUT2D eigenvalue weighted by Crippen LogP contribution is 2.54. The fraction of sp³-hybridized carbons (Fsp3) is 0.350. The van der Waals surface area contributed by atoms with Crippen LogP contribution in [0.4, 0.5) is 0 Å². The molecule has 0 saturated heterocycles. The lowest BCUT2D eigenvalue weighted by atomic mass is 9.67. The zero-order valence-electron chi connectivity index (χ0n) is 13.5. The molecule has 1 saturated carbocycles. The van der Waals surface area contributed by atoms with E-state index in [1.54, 1.807) is 0 Å². The molecule has 1 fully saturated rings. The fourth-order valence-corrected chi connectivity index (χ4v) is 3.98. The predicted molar refractivity (Wildman–Crippen MR) is 91.1 cm³/mol. The minimum Gasteiger partial charge on any atom is -0.377 e. The quantitative estimate of drug-likeness (QED) is 0.821. The lowest BCUT2D eigenvalue weighted by Gasteiger charge is -2.39. The Bertz CT molecular complexity index is 853. The zero-order chi connectivity index (χ0) is 16.2. The van der Waals surface area contributed by atoms with Crippen molar-refractivity contribution >= 4 is 6.08 Å². The molecule has 0 radical (unpaired) electrons. The number of aromatic nitrogens is 2. The summed E-state index contributed by atoms with van der Waals surface area (Å²) in [5, 5.41) is 15.4. The summed E-state index contributed by atoms with van der Waals surface area (Å²) in [6.45, 7) is 4.16. The first-order valence-corrected chi connectivity index (χ1v) is 8.02. The van der Waals surface area contributed by atoms with Gasteiger partial charge < -0.3 is 5.11 Å². The molecule has 2 aliphatic carbocycles. The number of hydrogen-bond donors (Lipinski definition) is 1. The molecule has 0 spiro atoms. The van der Waals surface area contributed by atoms with E-state index in [2.05, 4.69) is 55.2 Å². The van der Waals surface area contributed by atoms with Crippen molar-refractivity contribution in [3.05, 3.63) is 52.9 Å². The molecule has 1 aromatic heterocycles. The van der Waals surface area contributed by atoms with Crippen molar-refractivity contribution < 1.29 is 5.11 Å². The molecule has 0 amide bonds. The second-order valence-corrected chi connectivity index (χ2v) is 6.99. The Balaban J connectivity index is 1.83. The Labute approximate surface area is 136 Å². The van der Waals surface area contributed by atoms with Gasteiger partial charge in [0, 0.05) is 5.41 Å². The van der Waals surface area contributed by atoms with E-state index >= 15 is 0 Å². The fourth-order valence-electron chi connectivity index (χ4n) is 3.98. The van der Waals surface area contributed by atoms with Gasteiger partial charge in [-0.15, -0.1) is 6.42 Å². The molecule has 3 nitrogen and oxygen atoms in total. The van der Waals surface area contributed by atoms with E-state index in [-0.39, 0.29) is 5.41 Å². The van der Waals surface area contributed by atoms with Crippen LogP contribution < -0.4 is 0 Å². The molecule has 2 aromatic rings. The van der Waals surface area contributed by atoms with Gasteiger partial charge in [-0.3, -0.25) is 0 Å². The van der Waals surface area contributed by atoms with Crippen molar-refractivity contribution in [2.45, 2.75) is 38.7 Å². The molecule has 4 rings (SSSR count). The van der Waals surface area contributed by atoms with Gasteiger partial charge in [0.1, 0.15) is 5.60 Å². The van der Waals surface area contributed by atoms with Crippen molar-refractivity contribution in [3.63, 3.8) is 0 Å². The second-order valence-electron chi connectivity index (χ2n) is 6.99. The van der Waals surface area contributed by atoms with Gasteiger partial charge >= 0.3 is 0 Å². The normalized spacial score (nSPS) is 28.7. The minimum atomic E-state index is -1.05. The van der Waals surface area contributed by atoms with Crippen LogP contribution in [0.15, 0.2) is 36.0 Å². The van der Waals surface area contributed by atoms with Crippen LogP contribution in [-0.2, 0) is 6.42 Å². The Morgan fingerprint density at radius 1 is 1.30 bits per heavy atom. The summed E-state index contributed by atoms with van der Waals surface area (Å²) in [5.74, 6) is 2.64. The van der Waals surface area contributed by atoms with Crippen LogP contribution in [0.3, 0.4) is 0 Å². The number of fused-ring (bicyclic) bond motifs is 2. The summed E-state index contributed by atoms with van der Waals surface area (Å²) in [6, 6.07) is 8.36. The number of terminal acetylenes is 1. The number of aliphatic hydroxyl groups is 1. The van der Waals surface area contributed by atoms with Gasteiger partial charge in [0.15, 0.2) is 0 Å². The minimum absolute atomic E-state index is 0.379. The van der Waals surface area contributed by atoms with Crippen LogP contribution in [-0.4, -0.2) is 20.5 Å². The van der Waals surface area contributed by atoms with Gasteiger partial charge in [-0.05, 0) is 50.0 Å². The Kier molecular flexibility index (Phi) is 2.86. The SMILES string of the molecule is C#C[C@]1(O)CCC2=Cc3c(cnn3-c3ccc(C)cc3)C[C@@]21C. The number of aryl methyl sites for hydroxylation is 1. The van der Waals surface area contributed by atoms with Crippen LogP contribution in [0.25, 0.3) is 11.8 Å². The molecule has 0 aliphatic heterocycles. The van der Waals surface area contributed by atoms with Gasteiger partial charge in [0.2, 0.25) is 0 Å². The van der Waals surface area contributed by atoms with E-state index in [9.17, 15) is 5.11 Å². The Hall–Kier alpha value is -2.31. The standard InChI is InChI=1S/C20H20N2O/c1-4-20(23)10-9-16-11-18-15(12-19(16,20)3)13-21-22(18)17-7-5-14(2)6-8-17/h1,5-8,11,13,23H,9-10,12H2,2-3H3/t19-,20-/m0/s1. The maximum atomic E-state index is 10.8. The van der Waals surface area contributed by atoms with Gasteiger partial charge in [-0.2, -0.15) is 5.10 Å². The zero-order valence-corrected chi connectivity index (χ0v) is 13.5. The molecule has 23 heavy (non-hydrogen) atoms. The second kappa shape index (κ2) is 4.59. The van der Waals surface area contributed by atoms with E-state index in [0.29, 0.717) is 6.42 Å². The molecule has 1 heterocycles. The highest BCUT2D eigenvalue weighted by molar-refractivity contribution is 5.63. The first kappa shape index (κ1) is 14.3. The van der Waals surface area contributed by atoms with Crippen molar-refractivity contribution in [1.29, 1.82) is 0 Å². The summed E-state index contributed by atoms with van der Waals surface area (Å²) in [5.41, 5.74) is 4.35. The molecule has 2 aliphatic rings. The van der Waals surface area contributed by atoms with E-state index in [1.165, 1.54) is 11.1 Å². The van der Waals surface area contributed by atoms with Gasteiger partial charge in [0.05, 0.1) is 17.6 Å². The molecule has 0 unspecified atom stereocenters. The van der Waals surface area contributed by atoms with Crippen molar-refractivity contribution in [3.8, 4) is 18.0 Å². The average Bonchev–Trinajstić information content (AvgIpc) is 3.05. The number of nitrogens with zero attached hydrogens (tertiary/aromatic N) is 2. The number of benzene rings is 1. The highest BCUT2D eigenvalue weighted by atomic mass is 16.3. The largest absolute Gasteiger partial charge is 0.377 e. The number of hydrogen-bond acceptors (Lipinski definition) is 2. The molecular weight excluding hydrogens is 284 g/mol. The van der Waals surface area contributed by atoms with Crippen molar-refractivity contribution in [2.24, 2.45) is 5.41 Å². The Morgan fingerprint density at radius 2 is 2.04 bits per heavy atom. The third-order valence-electron chi connectivity index (χ3n) is 5.64. The first-order valence-electron chi connectivity index (χ1n) is 8.02. The van der Waals surface area contributed by atoms with E-state index < -0.39 is 5.60 Å². The van der Waals surface area contributed by atoms with E-state index in [4.69, 9.17) is 6.42 Å². The average molecular weight is 304 g/mol. The Morgan fingerprint density at radius 3 is 2.74 bits per heavy atom. The molecular formula is C20H20N2O. The van der Waals surface area contributed by atoms with Crippen LogP contribution in [0.5, 0.6) is 0 Å². The monoisotopic (exact) mass is 304 g/mol. The van der Waals surface area contributed by atoms with Crippen LogP contribution in [0.2, 0.25) is 0 Å². The van der Waals surface area contributed by atoms with Crippen LogP contribution >= 0.6 is 0 Å². The van der Waals surface area contributed by atoms with E-state index in [1.807, 2.05) is 10.9 Å².